The van der Waals surface area contributed by atoms with Gasteiger partial charge in [-0.2, -0.15) is 21.6 Å². The summed E-state index contributed by atoms with van der Waals surface area (Å²) >= 11 is 0. The van der Waals surface area contributed by atoms with E-state index in [1.807, 2.05) is 0 Å². The molecule has 16 heavy (non-hydrogen) atoms. The van der Waals surface area contributed by atoms with Crippen molar-refractivity contribution in [2.45, 2.75) is 24.1 Å². The van der Waals surface area contributed by atoms with Crippen molar-refractivity contribution in [3.05, 3.63) is 24.3 Å². The maximum absolute atomic E-state index is 10.7. The van der Waals surface area contributed by atoms with Gasteiger partial charge in [0.25, 0.3) is 0 Å². The lowest BCUT2D eigenvalue weighted by Gasteiger charge is -2.05. The van der Waals surface area contributed by atoms with Crippen molar-refractivity contribution in [3.8, 4) is 0 Å². The molecule has 0 radical (unpaired) electrons. The van der Waals surface area contributed by atoms with Gasteiger partial charge in [-0.25, -0.2) is 0 Å². The molecule has 0 fully saturated rings. The van der Waals surface area contributed by atoms with E-state index in [1.165, 1.54) is 0 Å². The summed E-state index contributed by atoms with van der Waals surface area (Å²) in [6, 6.07) is 0. The monoisotopic (exact) mass is 274 g/mol. The van der Waals surface area contributed by atoms with Crippen molar-refractivity contribution in [1.29, 1.82) is 0 Å². The number of halogens is 3. The first-order valence-electron chi connectivity index (χ1n) is 4.44. The van der Waals surface area contributed by atoms with Crippen LogP contribution in [0.1, 0.15) is 0 Å². The molecule has 0 unspecified atom stereocenters. The van der Waals surface area contributed by atoms with E-state index in [-0.39, 0.29) is 0 Å². The smallest absolute Gasteiger partial charge is 0.279 e. The number of rotatable bonds is 1. The van der Waals surface area contributed by atoms with Gasteiger partial charge in [0.1, 0.15) is 0 Å². The number of hydrogen-bond acceptors (Lipinski definition) is 2. The van der Waals surface area contributed by atoms with Gasteiger partial charge < -0.3 is 0 Å². The van der Waals surface area contributed by atoms with E-state index < -0.39 is 24.4 Å². The third-order valence-corrected chi connectivity index (χ3v) is 4.41. The van der Waals surface area contributed by atoms with Crippen molar-refractivity contribution < 1.29 is 26.1 Å². The Hall–Kier alpha value is -0.603. The number of alkyl halides is 3. The third-order valence-electron chi connectivity index (χ3n) is 1.84. The highest BCUT2D eigenvalue weighted by molar-refractivity contribution is 7.86. The fraction of sp³-hybridized carbons (Fsp3) is 0.500. The molecular formula is C8H13F3O3SSi. The zero-order valence-corrected chi connectivity index (χ0v) is 10.7. The molecule has 0 aliphatic heterocycles. The molecule has 1 N–H and O–H groups in total. The highest BCUT2D eigenvalue weighted by Crippen LogP contribution is 2.20. The molecule has 1 rings (SSSR count). The zero-order chi connectivity index (χ0) is 13.0. The van der Waals surface area contributed by atoms with E-state index >= 15 is 0 Å². The molecule has 0 saturated heterocycles. The van der Waals surface area contributed by atoms with Gasteiger partial charge in [0.05, 0.1) is 0 Å². The summed E-state index contributed by atoms with van der Waals surface area (Å²) in [5.74, 6) is 0. The molecule has 0 heterocycles. The lowest BCUT2D eigenvalue weighted by Crippen LogP contribution is -2.21. The number of hydrogen-bond donors (Lipinski definition) is 1. The topological polar surface area (TPSA) is 54.4 Å². The van der Waals surface area contributed by atoms with Gasteiger partial charge in [-0.05, 0) is 5.54 Å². The van der Waals surface area contributed by atoms with E-state index in [0.29, 0.717) is 0 Å². The van der Waals surface area contributed by atoms with Crippen molar-refractivity contribution >= 4 is 18.9 Å². The summed E-state index contributed by atoms with van der Waals surface area (Å²) in [6.07, 6.45) is 8.91. The normalized spacial score (nSPS) is 16.4. The SMILES string of the molecule is C[SiH](C)C1C=CC=C1.O=S(=O)(O)C(F)(F)F. The Bertz CT molecular complexity index is 358. The van der Waals surface area contributed by atoms with Gasteiger partial charge in [0.2, 0.25) is 0 Å². The van der Waals surface area contributed by atoms with Gasteiger partial charge >= 0.3 is 15.6 Å². The van der Waals surface area contributed by atoms with Gasteiger partial charge in [-0.3, -0.25) is 4.55 Å². The first-order chi connectivity index (χ1) is 7.05. The Morgan fingerprint density at radius 1 is 1.19 bits per heavy atom. The van der Waals surface area contributed by atoms with Crippen LogP contribution in [0.5, 0.6) is 0 Å². The molecule has 0 bridgehead atoms. The summed E-state index contributed by atoms with van der Waals surface area (Å²) in [4.78, 5) is 0. The molecule has 8 heteroatoms. The minimum Gasteiger partial charge on any atom is -0.279 e. The van der Waals surface area contributed by atoms with Crippen LogP contribution in [-0.4, -0.2) is 27.3 Å². The Morgan fingerprint density at radius 3 is 1.62 bits per heavy atom. The summed E-state index contributed by atoms with van der Waals surface area (Å²) in [5.41, 5.74) is -4.69. The largest absolute Gasteiger partial charge is 0.522 e. The van der Waals surface area contributed by atoms with Gasteiger partial charge in [0.15, 0.2) is 0 Å². The van der Waals surface area contributed by atoms with Crippen molar-refractivity contribution in [1.82, 2.24) is 0 Å². The van der Waals surface area contributed by atoms with Crippen molar-refractivity contribution in [2.75, 3.05) is 0 Å². The molecule has 0 aromatic heterocycles. The second-order valence-corrected chi connectivity index (χ2v) is 8.18. The second-order valence-electron chi connectivity index (χ2n) is 3.51. The van der Waals surface area contributed by atoms with Crippen LogP contribution in [0.4, 0.5) is 13.2 Å². The summed E-state index contributed by atoms with van der Waals surface area (Å²) in [6.45, 7) is 4.76. The Morgan fingerprint density at radius 2 is 1.50 bits per heavy atom. The molecule has 94 valence electrons. The average molecular weight is 274 g/mol. The standard InChI is InChI=1S/C7H12Si.CHF3O3S/c1-8(2)7-5-3-4-6-7;2-1(3,4)8(5,6)7/h3-8H,1-2H3;(H,5,6,7). The fourth-order valence-corrected chi connectivity index (χ4v) is 2.04. The Labute approximate surface area is 94.0 Å². The molecule has 0 aromatic rings. The molecule has 0 spiro atoms. The van der Waals surface area contributed by atoms with E-state index in [0.717, 1.165) is 5.54 Å². The van der Waals surface area contributed by atoms with Gasteiger partial charge in [0, 0.05) is 8.80 Å². The lowest BCUT2D eigenvalue weighted by atomic mass is 10.5. The minimum absolute atomic E-state index is 0.397. The first-order valence-corrected chi connectivity index (χ1v) is 8.86. The second kappa shape index (κ2) is 5.64. The molecule has 0 aromatic carbocycles. The highest BCUT2D eigenvalue weighted by atomic mass is 32.2. The quantitative estimate of drug-likeness (QED) is 0.454. The van der Waals surface area contributed by atoms with Crippen molar-refractivity contribution in [2.24, 2.45) is 0 Å². The predicted octanol–water partition coefficient (Wildman–Crippen LogP) is 2.36. The van der Waals surface area contributed by atoms with Crippen LogP contribution in [-0.2, 0) is 10.1 Å². The Balaban J connectivity index is 0.000000281. The summed E-state index contributed by atoms with van der Waals surface area (Å²) < 4.78 is 57.5. The highest BCUT2D eigenvalue weighted by Gasteiger charge is 2.44. The summed E-state index contributed by atoms with van der Waals surface area (Å²) in [7, 11) is -6.24. The van der Waals surface area contributed by atoms with Crippen LogP contribution in [0.25, 0.3) is 0 Å². The molecule has 0 amide bonds. The van der Waals surface area contributed by atoms with Gasteiger partial charge in [-0.15, -0.1) is 0 Å². The van der Waals surface area contributed by atoms with Crippen molar-refractivity contribution in [3.63, 3.8) is 0 Å². The third kappa shape index (κ3) is 5.47. The van der Waals surface area contributed by atoms with Crippen LogP contribution >= 0.6 is 0 Å². The van der Waals surface area contributed by atoms with E-state index in [4.69, 9.17) is 13.0 Å². The molecule has 3 nitrogen and oxygen atoms in total. The van der Waals surface area contributed by atoms with Crippen LogP contribution in [0, 0.1) is 0 Å². The average Bonchev–Trinajstić information content (AvgIpc) is 2.51. The van der Waals surface area contributed by atoms with E-state index in [2.05, 4.69) is 37.4 Å². The maximum atomic E-state index is 10.7. The molecule has 1 aliphatic carbocycles. The van der Waals surface area contributed by atoms with Crippen LogP contribution in [0.2, 0.25) is 18.6 Å². The van der Waals surface area contributed by atoms with E-state index in [9.17, 15) is 13.2 Å². The fourth-order valence-electron chi connectivity index (χ4n) is 0.893. The molecule has 1 aliphatic rings. The summed E-state index contributed by atoms with van der Waals surface area (Å²) in [5, 5.41) is 0. The molecular weight excluding hydrogens is 261 g/mol. The molecule has 0 saturated carbocycles. The van der Waals surface area contributed by atoms with Gasteiger partial charge in [-0.1, -0.05) is 37.4 Å². The zero-order valence-electron chi connectivity index (χ0n) is 8.77. The van der Waals surface area contributed by atoms with Crippen LogP contribution in [0.15, 0.2) is 24.3 Å². The first kappa shape index (κ1) is 15.4. The number of allylic oxidation sites excluding steroid dienone is 4. The van der Waals surface area contributed by atoms with Crippen LogP contribution in [0.3, 0.4) is 0 Å². The van der Waals surface area contributed by atoms with E-state index in [1.54, 1.807) is 0 Å². The van der Waals surface area contributed by atoms with Crippen LogP contribution < -0.4 is 0 Å². The Kier molecular flexibility index (Phi) is 5.43. The maximum Gasteiger partial charge on any atom is 0.522 e. The predicted molar refractivity (Wildman–Crippen MR) is 58.5 cm³/mol. The minimum atomic E-state index is -5.84. The lowest BCUT2D eigenvalue weighted by molar-refractivity contribution is -0.0510. The molecule has 0 atom stereocenters.